The Kier molecular flexibility index (Phi) is 6.02. The van der Waals surface area contributed by atoms with E-state index < -0.39 is 36.6 Å². The first kappa shape index (κ1) is 21.0. The fourth-order valence-corrected chi connectivity index (χ4v) is 4.07. The maximum atomic E-state index is 14.4. The summed E-state index contributed by atoms with van der Waals surface area (Å²) in [5, 5.41) is 0. The van der Waals surface area contributed by atoms with E-state index in [1.54, 1.807) is 60.7 Å². The van der Waals surface area contributed by atoms with Crippen LogP contribution >= 0.6 is 0 Å². The van der Waals surface area contributed by atoms with Crippen LogP contribution in [0.1, 0.15) is 23.2 Å². The zero-order valence-corrected chi connectivity index (χ0v) is 16.7. The Balaban J connectivity index is 1.45. The van der Waals surface area contributed by atoms with E-state index in [1.165, 1.54) is 6.08 Å². The molecule has 5 nitrogen and oxygen atoms in total. The number of rotatable bonds is 7. The molecule has 7 heteroatoms. The number of fused-ring (bicyclic) bond motifs is 1. The summed E-state index contributed by atoms with van der Waals surface area (Å²) in [6.07, 6.45) is 1.42. The van der Waals surface area contributed by atoms with Gasteiger partial charge in [0.15, 0.2) is 6.61 Å². The van der Waals surface area contributed by atoms with Gasteiger partial charge in [-0.1, -0.05) is 42.5 Å². The molecule has 0 spiro atoms. The summed E-state index contributed by atoms with van der Waals surface area (Å²) in [7, 11) is 0. The average Bonchev–Trinajstić information content (AvgIpc) is 3.27. The summed E-state index contributed by atoms with van der Waals surface area (Å²) < 4.78 is 44.9. The van der Waals surface area contributed by atoms with Gasteiger partial charge >= 0.3 is 11.9 Å². The molecule has 2 fully saturated rings. The van der Waals surface area contributed by atoms with E-state index in [1.807, 2.05) is 0 Å². The van der Waals surface area contributed by atoms with Crippen LogP contribution in [0.5, 0.6) is 5.75 Å². The maximum Gasteiger partial charge on any atom is 0.338 e. The molecule has 31 heavy (non-hydrogen) atoms. The lowest BCUT2D eigenvalue weighted by atomic mass is 9.91. The van der Waals surface area contributed by atoms with Crippen LogP contribution in [0.15, 0.2) is 72.8 Å². The van der Waals surface area contributed by atoms with E-state index in [4.69, 9.17) is 14.2 Å². The first-order valence-corrected chi connectivity index (χ1v) is 10.1. The molecule has 0 amide bonds. The van der Waals surface area contributed by atoms with Crippen molar-refractivity contribution in [2.75, 3.05) is 6.61 Å². The van der Waals surface area contributed by atoms with Crippen LogP contribution in [0.4, 0.5) is 8.78 Å². The van der Waals surface area contributed by atoms with Gasteiger partial charge in [0.05, 0.1) is 12.0 Å². The summed E-state index contributed by atoms with van der Waals surface area (Å²) in [5.74, 6) is -4.63. The Labute approximate surface area is 178 Å². The predicted molar refractivity (Wildman–Crippen MR) is 108 cm³/mol. The molecule has 1 saturated heterocycles. The third kappa shape index (κ3) is 5.10. The normalized spacial score (nSPS) is 25.3. The van der Waals surface area contributed by atoms with E-state index >= 15 is 0 Å². The maximum absolute atomic E-state index is 14.4. The van der Waals surface area contributed by atoms with Gasteiger partial charge in [0, 0.05) is 18.3 Å². The van der Waals surface area contributed by atoms with Crippen LogP contribution in [0.25, 0.3) is 0 Å². The summed E-state index contributed by atoms with van der Waals surface area (Å²) >= 11 is 0. The lowest BCUT2D eigenvalue weighted by Crippen LogP contribution is -2.27. The van der Waals surface area contributed by atoms with E-state index in [-0.39, 0.29) is 24.7 Å². The fraction of sp³-hybridized carbons (Fsp3) is 0.333. The van der Waals surface area contributed by atoms with Gasteiger partial charge in [0.2, 0.25) is 0 Å². The van der Waals surface area contributed by atoms with Crippen molar-refractivity contribution < 1.29 is 32.6 Å². The predicted octanol–water partition coefficient (Wildman–Crippen LogP) is 4.43. The van der Waals surface area contributed by atoms with Crippen LogP contribution < -0.4 is 4.74 Å². The van der Waals surface area contributed by atoms with Gasteiger partial charge < -0.3 is 14.2 Å². The van der Waals surface area contributed by atoms with Crippen molar-refractivity contribution in [3.05, 3.63) is 78.4 Å². The number of halogens is 2. The van der Waals surface area contributed by atoms with Crippen molar-refractivity contribution in [2.24, 2.45) is 11.8 Å². The molecule has 0 aromatic heterocycles. The number of hydrogen-bond donors (Lipinski definition) is 0. The molecule has 4 unspecified atom stereocenters. The first-order chi connectivity index (χ1) is 14.9. The molecule has 1 saturated carbocycles. The lowest BCUT2D eigenvalue weighted by molar-refractivity contribution is -0.141. The average molecular weight is 428 g/mol. The SMILES string of the molecule is O=C1CC2C(CC(OC(=O)c3ccccc3)C2/C=C/C(F)(F)COc2ccccc2)O1. The second kappa shape index (κ2) is 8.88. The van der Waals surface area contributed by atoms with Gasteiger partial charge in [0.25, 0.3) is 5.92 Å². The minimum absolute atomic E-state index is 0.116. The number of alkyl halides is 2. The number of ether oxygens (including phenoxy) is 3. The Morgan fingerprint density at radius 2 is 1.77 bits per heavy atom. The molecule has 0 radical (unpaired) electrons. The van der Waals surface area contributed by atoms with Crippen molar-refractivity contribution >= 4 is 11.9 Å². The van der Waals surface area contributed by atoms with Crippen molar-refractivity contribution in [1.82, 2.24) is 0 Å². The number of esters is 2. The van der Waals surface area contributed by atoms with Gasteiger partial charge in [-0.15, -0.1) is 0 Å². The molecule has 1 aliphatic carbocycles. The first-order valence-electron chi connectivity index (χ1n) is 10.1. The van der Waals surface area contributed by atoms with E-state index in [2.05, 4.69) is 0 Å². The number of benzene rings is 2. The highest BCUT2D eigenvalue weighted by molar-refractivity contribution is 5.89. The van der Waals surface area contributed by atoms with Gasteiger partial charge in [-0.25, -0.2) is 4.79 Å². The minimum atomic E-state index is -3.23. The third-order valence-electron chi connectivity index (χ3n) is 5.56. The molecular weight excluding hydrogens is 406 g/mol. The number of carbonyl (C=O) groups is 2. The van der Waals surface area contributed by atoms with Crippen LogP contribution in [-0.4, -0.2) is 36.7 Å². The molecular formula is C24H22F2O5. The molecule has 4 atom stereocenters. The summed E-state index contributed by atoms with van der Waals surface area (Å²) in [6.45, 7) is -0.821. The largest absolute Gasteiger partial charge is 0.487 e. The Morgan fingerprint density at radius 3 is 2.48 bits per heavy atom. The number of carbonyl (C=O) groups excluding carboxylic acids is 2. The molecule has 0 bridgehead atoms. The van der Waals surface area contributed by atoms with Crippen molar-refractivity contribution in [3.63, 3.8) is 0 Å². The Bertz CT molecular complexity index is 945. The van der Waals surface area contributed by atoms with Gasteiger partial charge in [0.1, 0.15) is 18.0 Å². The minimum Gasteiger partial charge on any atom is -0.487 e. The Morgan fingerprint density at radius 1 is 1.10 bits per heavy atom. The van der Waals surface area contributed by atoms with Crippen LogP contribution in [-0.2, 0) is 14.3 Å². The van der Waals surface area contributed by atoms with Crippen molar-refractivity contribution in [3.8, 4) is 5.75 Å². The van der Waals surface area contributed by atoms with Crippen LogP contribution in [0.3, 0.4) is 0 Å². The molecule has 1 heterocycles. The highest BCUT2D eigenvalue weighted by Crippen LogP contribution is 2.44. The Hall–Kier alpha value is -3.22. The second-order valence-electron chi connectivity index (χ2n) is 7.74. The van der Waals surface area contributed by atoms with E-state index in [9.17, 15) is 18.4 Å². The molecule has 2 aromatic rings. The highest BCUT2D eigenvalue weighted by atomic mass is 19.3. The highest BCUT2D eigenvalue weighted by Gasteiger charge is 2.51. The van der Waals surface area contributed by atoms with Crippen molar-refractivity contribution in [2.45, 2.75) is 31.0 Å². The second-order valence-corrected chi connectivity index (χ2v) is 7.74. The van der Waals surface area contributed by atoms with E-state index in [0.717, 1.165) is 6.08 Å². The van der Waals surface area contributed by atoms with Crippen LogP contribution in [0, 0.1) is 11.8 Å². The lowest BCUT2D eigenvalue weighted by Gasteiger charge is -2.21. The summed E-state index contributed by atoms with van der Waals surface area (Å²) in [6, 6.07) is 16.8. The van der Waals surface area contributed by atoms with Gasteiger partial charge in [-0.3, -0.25) is 4.79 Å². The van der Waals surface area contributed by atoms with Gasteiger partial charge in [-0.2, -0.15) is 8.78 Å². The summed E-state index contributed by atoms with van der Waals surface area (Å²) in [5.41, 5.74) is 0.376. The molecule has 162 valence electrons. The third-order valence-corrected chi connectivity index (χ3v) is 5.56. The fourth-order valence-electron chi connectivity index (χ4n) is 4.07. The number of para-hydroxylation sites is 1. The zero-order chi connectivity index (χ0) is 21.8. The topological polar surface area (TPSA) is 61.8 Å². The number of hydrogen-bond acceptors (Lipinski definition) is 5. The monoisotopic (exact) mass is 428 g/mol. The summed E-state index contributed by atoms with van der Waals surface area (Å²) in [4.78, 5) is 24.2. The molecule has 0 N–H and O–H groups in total. The van der Waals surface area contributed by atoms with Crippen molar-refractivity contribution in [1.29, 1.82) is 0 Å². The quantitative estimate of drug-likeness (QED) is 0.482. The molecule has 2 aliphatic rings. The molecule has 2 aromatic carbocycles. The standard InChI is InChI=1S/C24H22F2O5/c25-24(26,15-29-17-9-5-2-6-10-17)12-11-18-19-13-22(27)30-21(19)14-20(18)31-23(28)16-7-3-1-4-8-16/h1-12,18-21H,13-15H2/b12-11+. The van der Waals surface area contributed by atoms with Crippen LogP contribution in [0.2, 0.25) is 0 Å². The molecule has 1 aliphatic heterocycles. The van der Waals surface area contributed by atoms with E-state index in [0.29, 0.717) is 11.3 Å². The molecule has 4 rings (SSSR count). The smallest absolute Gasteiger partial charge is 0.338 e. The zero-order valence-electron chi connectivity index (χ0n) is 16.7. The van der Waals surface area contributed by atoms with Gasteiger partial charge in [-0.05, 0) is 30.3 Å².